The zero-order chi connectivity index (χ0) is 13.3. The molecule has 0 aliphatic carbocycles. The fraction of sp³-hybridized carbons (Fsp3) is 0.533. The minimum absolute atomic E-state index is 0.208. The van der Waals surface area contributed by atoms with Crippen molar-refractivity contribution in [2.75, 3.05) is 32.8 Å². The van der Waals surface area contributed by atoms with Crippen molar-refractivity contribution in [2.45, 2.75) is 19.3 Å². The number of carbonyl (C=O) groups excluding carboxylic acids is 1. The molecule has 4 nitrogen and oxygen atoms in total. The topological polar surface area (TPSA) is 41.6 Å². The fourth-order valence-electron chi connectivity index (χ4n) is 2.21. The van der Waals surface area contributed by atoms with E-state index in [-0.39, 0.29) is 5.91 Å². The molecule has 0 unspecified atom stereocenters. The second kappa shape index (κ2) is 7.79. The molecule has 19 heavy (non-hydrogen) atoms. The molecule has 0 saturated carbocycles. The maximum Gasteiger partial charge on any atom is 0.236 e. The lowest BCUT2D eigenvalue weighted by atomic mass is 10.1. The van der Waals surface area contributed by atoms with E-state index in [1.807, 2.05) is 35.2 Å². The number of hydrogen-bond donors (Lipinski definition) is 1. The van der Waals surface area contributed by atoms with E-state index >= 15 is 0 Å². The number of benzene rings is 1. The van der Waals surface area contributed by atoms with Gasteiger partial charge in [-0.1, -0.05) is 18.2 Å². The quantitative estimate of drug-likeness (QED) is 0.793. The average Bonchev–Trinajstić information content (AvgIpc) is 2.49. The molecular weight excluding hydrogens is 240 g/mol. The van der Waals surface area contributed by atoms with Crippen LogP contribution in [0.3, 0.4) is 0 Å². The fourth-order valence-corrected chi connectivity index (χ4v) is 2.21. The van der Waals surface area contributed by atoms with Gasteiger partial charge in [0, 0.05) is 19.6 Å². The summed E-state index contributed by atoms with van der Waals surface area (Å²) in [5.41, 5.74) is 0. The Kier molecular flexibility index (Phi) is 5.69. The van der Waals surface area contributed by atoms with Crippen molar-refractivity contribution in [3.8, 4) is 5.75 Å². The summed E-state index contributed by atoms with van der Waals surface area (Å²) in [4.78, 5) is 13.8. The number of carbonyl (C=O) groups is 1. The highest BCUT2D eigenvalue weighted by molar-refractivity contribution is 5.78. The molecule has 104 valence electrons. The monoisotopic (exact) mass is 262 g/mol. The maximum atomic E-state index is 11.9. The van der Waals surface area contributed by atoms with Crippen LogP contribution in [-0.2, 0) is 4.79 Å². The number of nitrogens with one attached hydrogen (secondary N) is 1. The first kappa shape index (κ1) is 13.9. The normalized spacial score (nSPS) is 15.3. The molecule has 1 fully saturated rings. The summed E-state index contributed by atoms with van der Waals surface area (Å²) >= 11 is 0. The summed E-state index contributed by atoms with van der Waals surface area (Å²) in [6.45, 7) is 3.52. The molecule has 0 bridgehead atoms. The van der Waals surface area contributed by atoms with Crippen molar-refractivity contribution in [1.82, 2.24) is 10.2 Å². The van der Waals surface area contributed by atoms with Crippen LogP contribution in [0.2, 0.25) is 0 Å². The predicted molar refractivity (Wildman–Crippen MR) is 75.2 cm³/mol. The van der Waals surface area contributed by atoms with Gasteiger partial charge in [-0.25, -0.2) is 0 Å². The van der Waals surface area contributed by atoms with Crippen molar-refractivity contribution >= 4 is 5.91 Å². The van der Waals surface area contributed by atoms with Gasteiger partial charge >= 0.3 is 0 Å². The third kappa shape index (κ3) is 4.91. The Labute approximate surface area is 114 Å². The van der Waals surface area contributed by atoms with Gasteiger partial charge in [-0.05, 0) is 31.4 Å². The van der Waals surface area contributed by atoms with Crippen LogP contribution < -0.4 is 10.1 Å². The van der Waals surface area contributed by atoms with Gasteiger partial charge in [0.15, 0.2) is 0 Å². The van der Waals surface area contributed by atoms with Crippen molar-refractivity contribution < 1.29 is 9.53 Å². The van der Waals surface area contributed by atoms with E-state index < -0.39 is 0 Å². The number of hydrogen-bond acceptors (Lipinski definition) is 3. The Morgan fingerprint density at radius 3 is 2.63 bits per heavy atom. The van der Waals surface area contributed by atoms with Gasteiger partial charge < -0.3 is 15.0 Å². The summed E-state index contributed by atoms with van der Waals surface area (Å²) in [6, 6.07) is 9.71. The number of nitrogens with zero attached hydrogens (tertiary/aromatic N) is 1. The summed E-state index contributed by atoms with van der Waals surface area (Å²) < 4.78 is 5.55. The zero-order valence-corrected chi connectivity index (χ0v) is 11.3. The largest absolute Gasteiger partial charge is 0.492 e. The third-order valence-electron chi connectivity index (χ3n) is 3.28. The van der Waals surface area contributed by atoms with Gasteiger partial charge in [-0.3, -0.25) is 4.79 Å². The molecule has 1 aromatic carbocycles. The number of amides is 1. The highest BCUT2D eigenvalue weighted by Crippen LogP contribution is 2.08. The zero-order valence-electron chi connectivity index (χ0n) is 11.3. The number of likely N-dealkylation sites (tertiary alicyclic amines) is 1. The summed E-state index contributed by atoms with van der Waals surface area (Å²) in [5.74, 6) is 1.08. The highest BCUT2D eigenvalue weighted by atomic mass is 16.5. The van der Waals surface area contributed by atoms with Crippen LogP contribution in [-0.4, -0.2) is 43.6 Å². The van der Waals surface area contributed by atoms with E-state index in [4.69, 9.17) is 4.74 Å². The Hall–Kier alpha value is -1.55. The van der Waals surface area contributed by atoms with Gasteiger partial charge in [0.05, 0.1) is 6.54 Å². The van der Waals surface area contributed by atoms with E-state index in [0.29, 0.717) is 19.7 Å². The van der Waals surface area contributed by atoms with Crippen LogP contribution in [0.25, 0.3) is 0 Å². The SMILES string of the molecule is O=C(CNCCOc1ccccc1)N1CCCCC1. The van der Waals surface area contributed by atoms with Crippen LogP contribution in [0, 0.1) is 0 Å². The Morgan fingerprint density at radius 2 is 1.89 bits per heavy atom. The summed E-state index contributed by atoms with van der Waals surface area (Å²) in [6.07, 6.45) is 3.54. The minimum atomic E-state index is 0.208. The first-order valence-corrected chi connectivity index (χ1v) is 7.02. The summed E-state index contributed by atoms with van der Waals surface area (Å²) in [5, 5.41) is 3.14. The predicted octanol–water partition coefficient (Wildman–Crippen LogP) is 1.67. The van der Waals surface area contributed by atoms with E-state index in [1.54, 1.807) is 0 Å². The van der Waals surface area contributed by atoms with Crippen molar-refractivity contribution in [2.24, 2.45) is 0 Å². The first-order chi connectivity index (χ1) is 9.36. The molecule has 2 rings (SSSR count). The van der Waals surface area contributed by atoms with Crippen LogP contribution >= 0.6 is 0 Å². The number of ether oxygens (including phenoxy) is 1. The van der Waals surface area contributed by atoms with Crippen molar-refractivity contribution in [1.29, 1.82) is 0 Å². The molecular formula is C15H22N2O2. The number of piperidine rings is 1. The minimum Gasteiger partial charge on any atom is -0.492 e. The van der Waals surface area contributed by atoms with E-state index in [0.717, 1.165) is 31.7 Å². The highest BCUT2D eigenvalue weighted by Gasteiger charge is 2.15. The third-order valence-corrected chi connectivity index (χ3v) is 3.28. The molecule has 1 saturated heterocycles. The lowest BCUT2D eigenvalue weighted by Crippen LogP contribution is -2.41. The van der Waals surface area contributed by atoms with Crippen molar-refractivity contribution in [3.63, 3.8) is 0 Å². The molecule has 1 heterocycles. The van der Waals surface area contributed by atoms with Gasteiger partial charge in [-0.2, -0.15) is 0 Å². The van der Waals surface area contributed by atoms with E-state index in [9.17, 15) is 4.79 Å². The Morgan fingerprint density at radius 1 is 1.16 bits per heavy atom. The molecule has 1 N–H and O–H groups in total. The van der Waals surface area contributed by atoms with Crippen LogP contribution in [0.15, 0.2) is 30.3 Å². The molecule has 1 aliphatic rings. The molecule has 1 aliphatic heterocycles. The molecule has 1 amide bonds. The standard InChI is InChI=1S/C15H22N2O2/c18-15(17-10-5-2-6-11-17)13-16-9-12-19-14-7-3-1-4-8-14/h1,3-4,7-8,16H,2,5-6,9-13H2. The smallest absolute Gasteiger partial charge is 0.236 e. The van der Waals surface area contributed by atoms with Crippen LogP contribution in [0.4, 0.5) is 0 Å². The summed E-state index contributed by atoms with van der Waals surface area (Å²) in [7, 11) is 0. The Bertz CT molecular complexity index is 375. The van der Waals surface area contributed by atoms with Crippen LogP contribution in [0.5, 0.6) is 5.75 Å². The Balaban J connectivity index is 1.55. The van der Waals surface area contributed by atoms with E-state index in [2.05, 4.69) is 5.32 Å². The number of para-hydroxylation sites is 1. The van der Waals surface area contributed by atoms with Gasteiger partial charge in [0.2, 0.25) is 5.91 Å². The second-order valence-corrected chi connectivity index (χ2v) is 4.78. The first-order valence-electron chi connectivity index (χ1n) is 7.02. The van der Waals surface area contributed by atoms with Gasteiger partial charge in [0.25, 0.3) is 0 Å². The molecule has 0 atom stereocenters. The second-order valence-electron chi connectivity index (χ2n) is 4.78. The molecule has 1 aromatic rings. The number of rotatable bonds is 6. The average molecular weight is 262 g/mol. The lowest BCUT2D eigenvalue weighted by molar-refractivity contribution is -0.131. The molecule has 0 radical (unpaired) electrons. The van der Waals surface area contributed by atoms with E-state index in [1.165, 1.54) is 6.42 Å². The molecule has 0 spiro atoms. The van der Waals surface area contributed by atoms with Gasteiger partial charge in [-0.15, -0.1) is 0 Å². The lowest BCUT2D eigenvalue weighted by Gasteiger charge is -2.26. The molecule has 4 heteroatoms. The van der Waals surface area contributed by atoms with Gasteiger partial charge in [0.1, 0.15) is 12.4 Å². The van der Waals surface area contributed by atoms with Crippen molar-refractivity contribution in [3.05, 3.63) is 30.3 Å². The molecule has 0 aromatic heterocycles. The maximum absolute atomic E-state index is 11.9. The van der Waals surface area contributed by atoms with Crippen LogP contribution in [0.1, 0.15) is 19.3 Å².